The smallest absolute Gasteiger partial charge is 0.223 e. The molecule has 15 heavy (non-hydrogen) atoms. The number of likely N-dealkylation sites (N-methyl/N-ethyl adjacent to an activating group) is 1. The highest BCUT2D eigenvalue weighted by Gasteiger charge is 2.21. The van der Waals surface area contributed by atoms with Gasteiger partial charge in [0.05, 0.1) is 5.38 Å². The number of rotatable bonds is 1. The van der Waals surface area contributed by atoms with Crippen molar-refractivity contribution in [3.05, 3.63) is 5.38 Å². The van der Waals surface area contributed by atoms with E-state index in [1.165, 1.54) is 11.3 Å². The molecule has 1 aromatic rings. The molecule has 0 radical (unpaired) electrons. The van der Waals surface area contributed by atoms with Gasteiger partial charge in [-0.2, -0.15) is 4.98 Å². The van der Waals surface area contributed by atoms with E-state index in [2.05, 4.69) is 28.8 Å². The lowest BCUT2D eigenvalue weighted by atomic mass is 10.3. The van der Waals surface area contributed by atoms with E-state index in [1.807, 2.05) is 0 Å². The van der Waals surface area contributed by atoms with Crippen LogP contribution in [-0.2, 0) is 0 Å². The molecule has 1 fully saturated rings. The van der Waals surface area contributed by atoms with Gasteiger partial charge in [0.25, 0.3) is 0 Å². The van der Waals surface area contributed by atoms with Crippen LogP contribution in [0.4, 0.5) is 5.13 Å². The monoisotopic (exact) mass is 227 g/mol. The van der Waals surface area contributed by atoms with Crippen molar-refractivity contribution in [2.75, 3.05) is 31.6 Å². The largest absolute Gasteiger partial charge is 0.493 e. The summed E-state index contributed by atoms with van der Waals surface area (Å²) in [4.78, 5) is 8.76. The predicted molar refractivity (Wildman–Crippen MR) is 62.7 cm³/mol. The molecule has 0 aliphatic carbocycles. The number of anilines is 1. The standard InChI is InChI=1S/C10H17N3OS/c1-8-6-12(2)4-3-5-13(8)10-11-9(14)7-15-10/h7-8,14H,3-6H2,1-2H3. The van der Waals surface area contributed by atoms with Crippen molar-refractivity contribution in [3.63, 3.8) is 0 Å². The van der Waals surface area contributed by atoms with Gasteiger partial charge in [0, 0.05) is 19.1 Å². The van der Waals surface area contributed by atoms with E-state index in [0.29, 0.717) is 6.04 Å². The van der Waals surface area contributed by atoms with E-state index in [0.717, 1.165) is 31.2 Å². The SMILES string of the molecule is CC1CN(C)CCCN1c1nc(O)cs1. The maximum Gasteiger partial charge on any atom is 0.223 e. The van der Waals surface area contributed by atoms with E-state index in [9.17, 15) is 5.11 Å². The summed E-state index contributed by atoms with van der Waals surface area (Å²) in [6.45, 7) is 5.43. The molecule has 84 valence electrons. The fourth-order valence-corrected chi connectivity index (χ4v) is 2.86. The average molecular weight is 227 g/mol. The molecule has 2 heterocycles. The van der Waals surface area contributed by atoms with E-state index >= 15 is 0 Å². The third-order valence-electron chi connectivity index (χ3n) is 2.77. The van der Waals surface area contributed by atoms with Crippen molar-refractivity contribution in [2.45, 2.75) is 19.4 Å². The summed E-state index contributed by atoms with van der Waals surface area (Å²) in [6, 6.07) is 0.461. The fourth-order valence-electron chi connectivity index (χ4n) is 2.04. The molecule has 0 bridgehead atoms. The van der Waals surface area contributed by atoms with Crippen molar-refractivity contribution in [3.8, 4) is 5.88 Å². The fraction of sp³-hybridized carbons (Fsp3) is 0.700. The number of thiazole rings is 1. The van der Waals surface area contributed by atoms with Gasteiger partial charge < -0.3 is 14.9 Å². The Bertz CT molecular complexity index is 328. The Labute approximate surface area is 94.2 Å². The van der Waals surface area contributed by atoms with E-state index in [-0.39, 0.29) is 5.88 Å². The van der Waals surface area contributed by atoms with Gasteiger partial charge in [-0.25, -0.2) is 0 Å². The van der Waals surface area contributed by atoms with Gasteiger partial charge in [-0.05, 0) is 26.9 Å². The van der Waals surface area contributed by atoms with Crippen molar-refractivity contribution in [1.29, 1.82) is 0 Å². The van der Waals surface area contributed by atoms with Gasteiger partial charge in [0.2, 0.25) is 5.88 Å². The minimum absolute atomic E-state index is 0.139. The molecule has 0 aromatic carbocycles. The topological polar surface area (TPSA) is 39.6 Å². The molecule has 0 amide bonds. The van der Waals surface area contributed by atoms with Crippen molar-refractivity contribution >= 4 is 16.5 Å². The molecule has 1 N–H and O–H groups in total. The molecule has 1 saturated heterocycles. The van der Waals surface area contributed by atoms with Crippen LogP contribution < -0.4 is 4.90 Å². The van der Waals surface area contributed by atoms with Crippen LogP contribution in [-0.4, -0.2) is 47.7 Å². The Morgan fingerprint density at radius 3 is 3.00 bits per heavy atom. The van der Waals surface area contributed by atoms with Crippen molar-refractivity contribution in [2.24, 2.45) is 0 Å². The van der Waals surface area contributed by atoms with Gasteiger partial charge in [0.1, 0.15) is 0 Å². The zero-order chi connectivity index (χ0) is 10.8. The third-order valence-corrected chi connectivity index (χ3v) is 3.64. The first-order chi connectivity index (χ1) is 7.16. The van der Waals surface area contributed by atoms with E-state index in [4.69, 9.17) is 0 Å². The molecule has 1 aromatic heterocycles. The molecule has 2 rings (SSSR count). The summed E-state index contributed by atoms with van der Waals surface area (Å²) in [5, 5.41) is 11.9. The number of aromatic hydroxyl groups is 1. The highest BCUT2D eigenvalue weighted by molar-refractivity contribution is 7.13. The van der Waals surface area contributed by atoms with Gasteiger partial charge >= 0.3 is 0 Å². The lowest BCUT2D eigenvalue weighted by molar-refractivity contribution is 0.337. The van der Waals surface area contributed by atoms with Crippen molar-refractivity contribution < 1.29 is 5.11 Å². The molecule has 5 heteroatoms. The van der Waals surface area contributed by atoms with Gasteiger partial charge in [-0.15, -0.1) is 11.3 Å². The quantitative estimate of drug-likeness (QED) is 0.787. The summed E-state index contributed by atoms with van der Waals surface area (Å²) in [5.74, 6) is 0.139. The van der Waals surface area contributed by atoms with Crippen LogP contribution in [0.1, 0.15) is 13.3 Å². The van der Waals surface area contributed by atoms with E-state index < -0.39 is 0 Å². The molecular formula is C10H17N3OS. The number of hydrogen-bond acceptors (Lipinski definition) is 5. The highest BCUT2D eigenvalue weighted by atomic mass is 32.1. The molecule has 4 nitrogen and oxygen atoms in total. The molecular weight excluding hydrogens is 210 g/mol. The molecule has 1 aliphatic heterocycles. The zero-order valence-corrected chi connectivity index (χ0v) is 10.00. The zero-order valence-electron chi connectivity index (χ0n) is 9.18. The molecule has 1 unspecified atom stereocenters. The lowest BCUT2D eigenvalue weighted by Gasteiger charge is -2.27. The molecule has 1 atom stereocenters. The minimum Gasteiger partial charge on any atom is -0.493 e. The minimum atomic E-state index is 0.139. The average Bonchev–Trinajstić information content (AvgIpc) is 2.51. The molecule has 0 saturated carbocycles. The molecule has 0 spiro atoms. The Morgan fingerprint density at radius 1 is 1.53 bits per heavy atom. The Balaban J connectivity index is 2.13. The van der Waals surface area contributed by atoms with Crippen LogP contribution in [0.2, 0.25) is 0 Å². The first-order valence-corrected chi connectivity index (χ1v) is 6.14. The lowest BCUT2D eigenvalue weighted by Crippen LogP contribution is -2.37. The van der Waals surface area contributed by atoms with Gasteiger partial charge in [-0.3, -0.25) is 0 Å². The summed E-state index contributed by atoms with van der Waals surface area (Å²) < 4.78 is 0. The van der Waals surface area contributed by atoms with Crippen LogP contribution in [0.15, 0.2) is 5.38 Å². The summed E-state index contributed by atoms with van der Waals surface area (Å²) in [5.41, 5.74) is 0. The first kappa shape index (κ1) is 10.7. The first-order valence-electron chi connectivity index (χ1n) is 5.26. The number of nitrogens with zero attached hydrogens (tertiary/aromatic N) is 3. The Morgan fingerprint density at radius 2 is 2.33 bits per heavy atom. The summed E-state index contributed by atoms with van der Waals surface area (Å²) in [6.07, 6.45) is 1.15. The maximum absolute atomic E-state index is 9.25. The Hall–Kier alpha value is -0.810. The normalized spacial score (nSPS) is 24.1. The van der Waals surface area contributed by atoms with E-state index in [1.54, 1.807) is 5.38 Å². The number of aromatic nitrogens is 1. The third kappa shape index (κ3) is 2.41. The predicted octanol–water partition coefficient (Wildman–Crippen LogP) is 1.38. The van der Waals surface area contributed by atoms with Crippen LogP contribution in [0, 0.1) is 0 Å². The van der Waals surface area contributed by atoms with Crippen LogP contribution in [0.5, 0.6) is 5.88 Å². The number of hydrogen-bond donors (Lipinski definition) is 1. The van der Waals surface area contributed by atoms with Crippen LogP contribution in [0.3, 0.4) is 0 Å². The second-order valence-electron chi connectivity index (χ2n) is 4.15. The molecule has 1 aliphatic rings. The second-order valence-corrected chi connectivity index (χ2v) is 4.98. The van der Waals surface area contributed by atoms with Crippen LogP contribution in [0.25, 0.3) is 0 Å². The van der Waals surface area contributed by atoms with Crippen LogP contribution >= 0.6 is 11.3 Å². The maximum atomic E-state index is 9.25. The highest BCUT2D eigenvalue weighted by Crippen LogP contribution is 2.26. The summed E-state index contributed by atoms with van der Waals surface area (Å²) >= 11 is 1.52. The van der Waals surface area contributed by atoms with Crippen molar-refractivity contribution in [1.82, 2.24) is 9.88 Å². The summed E-state index contributed by atoms with van der Waals surface area (Å²) in [7, 11) is 2.15. The van der Waals surface area contributed by atoms with Gasteiger partial charge in [0.15, 0.2) is 5.13 Å². The van der Waals surface area contributed by atoms with Gasteiger partial charge in [-0.1, -0.05) is 0 Å². The second kappa shape index (κ2) is 4.37. The Kier molecular flexibility index (Phi) is 3.11.